The number of halogens is 1. The first-order valence-electron chi connectivity index (χ1n) is 7.36. The number of rotatable bonds is 9. The number of nitrogens with zero attached hydrogens (tertiary/aromatic N) is 1. The second-order valence-corrected chi connectivity index (χ2v) is 5.39. The topological polar surface area (TPSA) is 35.5 Å². The van der Waals surface area contributed by atoms with Gasteiger partial charge in [-0.15, -0.1) is 0 Å². The summed E-state index contributed by atoms with van der Waals surface area (Å²) < 4.78 is 13.0. The Kier molecular flexibility index (Phi) is 7.73. The van der Waals surface area contributed by atoms with E-state index in [0.29, 0.717) is 6.04 Å². The Labute approximate surface area is 121 Å². The molecule has 4 heteroatoms. The quantitative estimate of drug-likeness (QED) is 0.731. The van der Waals surface area contributed by atoms with E-state index in [1.807, 2.05) is 19.2 Å². The summed E-state index contributed by atoms with van der Waals surface area (Å²) in [4.78, 5) is 2.37. The van der Waals surface area contributed by atoms with E-state index in [1.165, 1.54) is 12.1 Å². The van der Waals surface area contributed by atoms with Gasteiger partial charge in [-0.1, -0.05) is 12.1 Å². The summed E-state index contributed by atoms with van der Waals surface area (Å²) in [5, 5.41) is 12.2. The van der Waals surface area contributed by atoms with E-state index in [9.17, 15) is 4.39 Å². The minimum atomic E-state index is -0.199. The van der Waals surface area contributed by atoms with Gasteiger partial charge in [0.1, 0.15) is 5.82 Å². The third-order valence-electron chi connectivity index (χ3n) is 3.66. The first-order chi connectivity index (χ1) is 9.58. The van der Waals surface area contributed by atoms with Gasteiger partial charge in [0.05, 0.1) is 0 Å². The molecule has 20 heavy (non-hydrogen) atoms. The average Bonchev–Trinajstić information content (AvgIpc) is 2.44. The van der Waals surface area contributed by atoms with Gasteiger partial charge in [-0.05, 0) is 51.4 Å². The lowest BCUT2D eigenvalue weighted by molar-refractivity contribution is 0.184. The fraction of sp³-hybridized carbons (Fsp3) is 0.625. The van der Waals surface area contributed by atoms with Crippen molar-refractivity contribution < 1.29 is 9.50 Å². The zero-order chi connectivity index (χ0) is 15.0. The van der Waals surface area contributed by atoms with E-state index >= 15 is 0 Å². The minimum absolute atomic E-state index is 0.199. The molecule has 0 bridgehead atoms. The van der Waals surface area contributed by atoms with Gasteiger partial charge in [0.15, 0.2) is 0 Å². The van der Waals surface area contributed by atoms with Gasteiger partial charge in [-0.3, -0.25) is 0 Å². The van der Waals surface area contributed by atoms with Gasteiger partial charge >= 0.3 is 0 Å². The molecule has 0 saturated heterocycles. The van der Waals surface area contributed by atoms with Crippen LogP contribution in [0.2, 0.25) is 0 Å². The molecular formula is C16H27FN2O. The molecule has 0 spiro atoms. The number of aliphatic hydroxyl groups excluding tert-OH is 1. The van der Waals surface area contributed by atoms with Crippen molar-refractivity contribution in [1.29, 1.82) is 0 Å². The van der Waals surface area contributed by atoms with Gasteiger partial charge < -0.3 is 15.3 Å². The number of aliphatic hydroxyl groups is 1. The fourth-order valence-corrected chi connectivity index (χ4v) is 2.37. The second kappa shape index (κ2) is 9.06. The highest BCUT2D eigenvalue weighted by Gasteiger charge is 2.14. The highest BCUT2D eigenvalue weighted by atomic mass is 19.1. The number of hydrogen-bond acceptors (Lipinski definition) is 3. The Morgan fingerprint density at radius 1 is 1.20 bits per heavy atom. The van der Waals surface area contributed by atoms with Gasteiger partial charge in [0.25, 0.3) is 0 Å². The van der Waals surface area contributed by atoms with Crippen LogP contribution in [-0.2, 0) is 0 Å². The molecule has 0 aliphatic carbocycles. The number of nitrogens with one attached hydrogen (secondary N) is 1. The van der Waals surface area contributed by atoms with Crippen molar-refractivity contribution >= 4 is 0 Å². The summed E-state index contributed by atoms with van der Waals surface area (Å²) >= 11 is 0. The van der Waals surface area contributed by atoms with E-state index in [2.05, 4.69) is 24.1 Å². The van der Waals surface area contributed by atoms with E-state index in [1.54, 1.807) is 0 Å². The Morgan fingerprint density at radius 2 is 1.85 bits per heavy atom. The van der Waals surface area contributed by atoms with Crippen LogP contribution >= 0.6 is 0 Å². The van der Waals surface area contributed by atoms with Gasteiger partial charge in [0.2, 0.25) is 0 Å². The Hall–Kier alpha value is -0.970. The van der Waals surface area contributed by atoms with Crippen molar-refractivity contribution in [3.05, 3.63) is 35.6 Å². The maximum Gasteiger partial charge on any atom is 0.123 e. The van der Waals surface area contributed by atoms with E-state index in [4.69, 9.17) is 5.11 Å². The van der Waals surface area contributed by atoms with Crippen molar-refractivity contribution in [2.24, 2.45) is 0 Å². The SMILES string of the molecule is CNC(CCN(CCCO)C(C)C)c1ccc(F)cc1. The smallest absolute Gasteiger partial charge is 0.123 e. The first kappa shape index (κ1) is 17.1. The van der Waals surface area contributed by atoms with Crippen LogP contribution in [0.3, 0.4) is 0 Å². The van der Waals surface area contributed by atoms with E-state index in [0.717, 1.165) is 31.5 Å². The number of benzene rings is 1. The predicted molar refractivity (Wildman–Crippen MR) is 81.2 cm³/mol. The summed E-state index contributed by atoms with van der Waals surface area (Å²) in [5.74, 6) is -0.199. The fourth-order valence-electron chi connectivity index (χ4n) is 2.37. The first-order valence-corrected chi connectivity index (χ1v) is 7.36. The summed E-state index contributed by atoms with van der Waals surface area (Å²) in [5.41, 5.74) is 1.11. The Balaban J connectivity index is 2.56. The van der Waals surface area contributed by atoms with Crippen molar-refractivity contribution in [2.75, 3.05) is 26.7 Å². The Bertz CT molecular complexity index is 367. The molecule has 0 fully saturated rings. The van der Waals surface area contributed by atoms with Crippen LogP contribution < -0.4 is 5.32 Å². The van der Waals surface area contributed by atoms with Crippen LogP contribution in [0.15, 0.2) is 24.3 Å². The zero-order valence-corrected chi connectivity index (χ0v) is 12.8. The second-order valence-electron chi connectivity index (χ2n) is 5.39. The molecule has 1 aromatic rings. The lowest BCUT2D eigenvalue weighted by Gasteiger charge is -2.28. The lowest BCUT2D eigenvalue weighted by atomic mass is 10.0. The lowest BCUT2D eigenvalue weighted by Crippen LogP contribution is -2.35. The molecule has 0 aliphatic heterocycles. The maximum atomic E-state index is 13.0. The molecule has 0 saturated carbocycles. The average molecular weight is 282 g/mol. The molecular weight excluding hydrogens is 255 g/mol. The van der Waals surface area contributed by atoms with Gasteiger partial charge in [-0.2, -0.15) is 0 Å². The molecule has 1 rings (SSSR count). The highest BCUT2D eigenvalue weighted by Crippen LogP contribution is 2.18. The summed E-state index contributed by atoms with van der Waals surface area (Å²) in [7, 11) is 1.93. The predicted octanol–water partition coefficient (Wildman–Crippen LogP) is 2.57. The molecule has 0 radical (unpaired) electrons. The van der Waals surface area contributed by atoms with E-state index < -0.39 is 0 Å². The summed E-state index contributed by atoms with van der Waals surface area (Å²) in [6.07, 6.45) is 1.77. The molecule has 1 atom stereocenters. The highest BCUT2D eigenvalue weighted by molar-refractivity contribution is 5.19. The molecule has 0 amide bonds. The van der Waals surface area contributed by atoms with Crippen molar-refractivity contribution in [3.63, 3.8) is 0 Å². The minimum Gasteiger partial charge on any atom is -0.396 e. The van der Waals surface area contributed by atoms with Crippen molar-refractivity contribution in [3.8, 4) is 0 Å². The van der Waals surface area contributed by atoms with Crippen LogP contribution in [0.1, 0.15) is 38.3 Å². The maximum absolute atomic E-state index is 13.0. The number of hydrogen-bond donors (Lipinski definition) is 2. The molecule has 1 unspecified atom stereocenters. The zero-order valence-electron chi connectivity index (χ0n) is 12.8. The summed E-state index contributed by atoms with van der Waals surface area (Å²) in [6, 6.07) is 7.38. The van der Waals surface area contributed by atoms with Crippen LogP contribution in [-0.4, -0.2) is 42.8 Å². The van der Waals surface area contributed by atoms with Gasteiger partial charge in [-0.25, -0.2) is 4.39 Å². The van der Waals surface area contributed by atoms with Crippen LogP contribution in [0.4, 0.5) is 4.39 Å². The standard InChI is InChI=1S/C16H27FN2O/c1-13(2)19(10-4-12-20)11-9-16(18-3)14-5-7-15(17)8-6-14/h5-8,13,16,18,20H,4,9-12H2,1-3H3. The molecule has 0 aliphatic rings. The molecule has 0 heterocycles. The van der Waals surface area contributed by atoms with Crippen molar-refractivity contribution in [1.82, 2.24) is 10.2 Å². The van der Waals surface area contributed by atoms with E-state index in [-0.39, 0.29) is 18.5 Å². The molecule has 1 aromatic carbocycles. The third kappa shape index (κ3) is 5.57. The largest absolute Gasteiger partial charge is 0.396 e. The third-order valence-corrected chi connectivity index (χ3v) is 3.66. The monoisotopic (exact) mass is 282 g/mol. The Morgan fingerprint density at radius 3 is 2.35 bits per heavy atom. The van der Waals surface area contributed by atoms with Crippen LogP contribution in [0, 0.1) is 5.82 Å². The normalized spacial score (nSPS) is 13.2. The summed E-state index contributed by atoms with van der Waals surface area (Å²) in [6.45, 7) is 6.44. The molecule has 2 N–H and O–H groups in total. The van der Waals surface area contributed by atoms with Crippen molar-refractivity contribution in [2.45, 2.75) is 38.8 Å². The molecule has 114 valence electrons. The van der Waals surface area contributed by atoms with Gasteiger partial charge in [0, 0.05) is 31.8 Å². The molecule has 0 aromatic heterocycles. The molecule has 3 nitrogen and oxygen atoms in total. The van der Waals surface area contributed by atoms with Crippen LogP contribution in [0.25, 0.3) is 0 Å². The van der Waals surface area contributed by atoms with Crippen LogP contribution in [0.5, 0.6) is 0 Å².